The van der Waals surface area contributed by atoms with Crippen molar-refractivity contribution >= 4 is 0 Å². The lowest BCUT2D eigenvalue weighted by Crippen LogP contribution is -1.99. The summed E-state index contributed by atoms with van der Waals surface area (Å²) in [6.45, 7) is -2.40. The van der Waals surface area contributed by atoms with Gasteiger partial charge in [-0.05, 0) is 130 Å². The molecule has 0 bridgehead atoms. The van der Waals surface area contributed by atoms with E-state index in [9.17, 15) is 0 Å². The third-order valence-electron chi connectivity index (χ3n) is 12.1. The molecule has 0 saturated heterocycles. The van der Waals surface area contributed by atoms with E-state index in [-0.39, 0.29) is 5.56 Å². The van der Waals surface area contributed by atoms with Gasteiger partial charge >= 0.3 is 0 Å². The predicted molar refractivity (Wildman–Crippen MR) is 270 cm³/mol. The quantitative estimate of drug-likeness (QED) is 0.116. The molecule has 3 heteroatoms. The summed E-state index contributed by atoms with van der Waals surface area (Å²) in [5.74, 6) is 0. The van der Waals surface area contributed by atoms with Crippen LogP contribution in [0.2, 0.25) is 0 Å². The van der Waals surface area contributed by atoms with Crippen molar-refractivity contribution < 1.29 is 4.11 Å². The second-order valence-electron chi connectivity index (χ2n) is 16.6. The van der Waals surface area contributed by atoms with Gasteiger partial charge < -0.3 is 0 Å². The first-order chi connectivity index (χ1) is 33.3. The van der Waals surface area contributed by atoms with E-state index in [0.717, 1.165) is 92.7 Å². The fourth-order valence-electron chi connectivity index (χ4n) is 8.65. The summed E-state index contributed by atoms with van der Waals surface area (Å²) in [5, 5.41) is 0. The summed E-state index contributed by atoms with van der Waals surface area (Å²) < 4.78 is 26.5. The van der Waals surface area contributed by atoms with Crippen LogP contribution in [0.5, 0.6) is 0 Å². The first-order valence-corrected chi connectivity index (χ1v) is 22.3. The molecule has 3 heterocycles. The zero-order valence-electron chi connectivity index (χ0n) is 39.1. The Hall–Kier alpha value is -8.01. The molecule has 0 fully saturated rings. The number of pyridine rings is 3. The van der Waals surface area contributed by atoms with Gasteiger partial charge in [-0.1, -0.05) is 182 Å². The van der Waals surface area contributed by atoms with Crippen LogP contribution >= 0.6 is 0 Å². The molecule has 0 saturated carbocycles. The first-order valence-electron chi connectivity index (χ1n) is 23.8. The normalized spacial score (nSPS) is 12.0. The van der Waals surface area contributed by atoms with Crippen molar-refractivity contribution in [1.82, 2.24) is 15.0 Å². The fraction of sp³-hybridized carbons (Fsp3) is 0.0806. The van der Waals surface area contributed by atoms with E-state index >= 15 is 0 Å². The Morgan fingerprint density at radius 2 is 0.738 bits per heavy atom. The lowest BCUT2D eigenvalue weighted by molar-refractivity contribution is 0.923. The second-order valence-corrected chi connectivity index (χ2v) is 16.6. The average Bonchev–Trinajstić information content (AvgIpc) is 3.40. The topological polar surface area (TPSA) is 38.7 Å². The molecule has 0 spiro atoms. The minimum atomic E-state index is -2.40. The molecule has 0 atom stereocenters. The van der Waals surface area contributed by atoms with Crippen LogP contribution in [-0.2, 0) is 25.7 Å². The maximum atomic E-state index is 8.84. The maximum absolute atomic E-state index is 8.84. The van der Waals surface area contributed by atoms with E-state index in [1.54, 1.807) is 12.3 Å². The number of aryl methyl sites for hydroxylation is 5. The van der Waals surface area contributed by atoms with Gasteiger partial charge in [-0.25, -0.2) is 0 Å². The summed E-state index contributed by atoms with van der Waals surface area (Å²) in [7, 11) is 0. The highest BCUT2D eigenvalue weighted by Crippen LogP contribution is 2.37. The smallest absolute Gasteiger partial charge is 0.0705 e. The van der Waals surface area contributed by atoms with Gasteiger partial charge in [-0.2, -0.15) is 0 Å². The number of hydrogen-bond acceptors (Lipinski definition) is 3. The largest absolute Gasteiger partial charge is 0.256 e. The molecule has 312 valence electrons. The van der Waals surface area contributed by atoms with E-state index in [0.29, 0.717) is 11.3 Å². The molecule has 7 aromatic carbocycles. The number of aromatic nitrogens is 3. The highest BCUT2D eigenvalue weighted by Gasteiger charge is 2.15. The molecule has 0 aliphatic rings. The number of rotatable bonds is 13. The van der Waals surface area contributed by atoms with E-state index in [1.807, 2.05) is 97.3 Å². The van der Waals surface area contributed by atoms with Gasteiger partial charge in [0, 0.05) is 45.0 Å². The summed E-state index contributed by atoms with van der Waals surface area (Å²) in [5.41, 5.74) is 18.4. The van der Waals surface area contributed by atoms with Gasteiger partial charge in [0.15, 0.2) is 0 Å². The van der Waals surface area contributed by atoms with Crippen LogP contribution in [0.4, 0.5) is 0 Å². The molecular weight excluding hydrogens is 787 g/mol. The van der Waals surface area contributed by atoms with Crippen LogP contribution in [0.3, 0.4) is 0 Å². The zero-order valence-corrected chi connectivity index (χ0v) is 36.1. The zero-order chi connectivity index (χ0) is 46.3. The maximum Gasteiger partial charge on any atom is 0.0705 e. The van der Waals surface area contributed by atoms with Crippen LogP contribution in [0, 0.1) is 6.85 Å². The van der Waals surface area contributed by atoms with Crippen molar-refractivity contribution in [2.24, 2.45) is 0 Å². The van der Waals surface area contributed by atoms with E-state index < -0.39 is 6.85 Å². The number of hydrogen-bond donors (Lipinski definition) is 0. The highest BCUT2D eigenvalue weighted by atomic mass is 14.7. The van der Waals surface area contributed by atoms with E-state index in [4.69, 9.17) is 19.1 Å². The molecular formula is C62H49N3. The van der Waals surface area contributed by atoms with Gasteiger partial charge in [0.2, 0.25) is 0 Å². The van der Waals surface area contributed by atoms with Gasteiger partial charge in [-0.15, -0.1) is 0 Å². The van der Waals surface area contributed by atoms with Crippen molar-refractivity contribution in [3.63, 3.8) is 0 Å². The third-order valence-corrected chi connectivity index (χ3v) is 12.1. The van der Waals surface area contributed by atoms with Gasteiger partial charge in [-0.3, -0.25) is 15.0 Å². The Bertz CT molecular complexity index is 3190. The van der Waals surface area contributed by atoms with Crippen molar-refractivity contribution in [2.45, 2.75) is 32.5 Å². The third kappa shape index (κ3) is 9.66. The van der Waals surface area contributed by atoms with Gasteiger partial charge in [0.1, 0.15) is 0 Å². The Labute approximate surface area is 387 Å². The standard InChI is InChI=1S/C62H49N3/c1-44-35-62(55-24-14-23-54(40-55)53-22-13-21-52(39-53)49-15-5-2-6-16-49)65-43-59(44)58-26-12-11-25-57(58)56-37-47(29-27-45-31-33-60(63-41-45)50-17-7-3-8-18-50)36-48(38-56)30-28-46-32-34-61(64-42-46)51-19-9-4-10-20-51/h2-26,31-43H,27-30H2,1H3/i1D3. The highest BCUT2D eigenvalue weighted by molar-refractivity contribution is 5.86. The van der Waals surface area contributed by atoms with Crippen molar-refractivity contribution in [3.8, 4) is 78.3 Å². The molecule has 10 rings (SSSR count). The summed E-state index contributed by atoms with van der Waals surface area (Å²) in [6.07, 6.45) is 9.01. The van der Waals surface area contributed by atoms with Crippen LogP contribution in [0.25, 0.3) is 78.3 Å². The molecule has 10 aromatic rings. The average molecular weight is 839 g/mol. The van der Waals surface area contributed by atoms with Crippen LogP contribution in [0.15, 0.2) is 231 Å². The molecule has 0 N–H and O–H groups in total. The summed E-state index contributed by atoms with van der Waals surface area (Å²) >= 11 is 0. The van der Waals surface area contributed by atoms with E-state index in [1.165, 1.54) is 22.3 Å². The fourth-order valence-corrected chi connectivity index (χ4v) is 8.65. The van der Waals surface area contributed by atoms with Crippen molar-refractivity contribution in [2.75, 3.05) is 0 Å². The Kier molecular flexibility index (Phi) is 11.1. The lowest BCUT2D eigenvalue weighted by atomic mass is 9.89. The molecule has 0 amide bonds. The monoisotopic (exact) mass is 838 g/mol. The molecule has 0 unspecified atom stereocenters. The molecule has 0 aliphatic carbocycles. The molecule has 3 nitrogen and oxygen atoms in total. The van der Waals surface area contributed by atoms with Crippen LogP contribution in [0.1, 0.15) is 31.9 Å². The molecule has 0 aliphatic heterocycles. The number of nitrogens with zero attached hydrogens (tertiary/aromatic N) is 3. The predicted octanol–water partition coefficient (Wildman–Crippen LogP) is 15.4. The van der Waals surface area contributed by atoms with Crippen molar-refractivity contribution in [1.29, 1.82) is 0 Å². The Morgan fingerprint density at radius 1 is 0.292 bits per heavy atom. The first kappa shape index (κ1) is 37.5. The van der Waals surface area contributed by atoms with E-state index in [2.05, 4.69) is 121 Å². The molecule has 0 radical (unpaired) electrons. The van der Waals surface area contributed by atoms with Crippen LogP contribution < -0.4 is 0 Å². The summed E-state index contributed by atoms with van der Waals surface area (Å²) in [6, 6.07) is 72.8. The van der Waals surface area contributed by atoms with Gasteiger partial charge in [0.25, 0.3) is 0 Å². The Morgan fingerprint density at radius 3 is 1.28 bits per heavy atom. The summed E-state index contributed by atoms with van der Waals surface area (Å²) in [4.78, 5) is 14.6. The molecule has 65 heavy (non-hydrogen) atoms. The van der Waals surface area contributed by atoms with Gasteiger partial charge in [0.05, 0.1) is 17.1 Å². The van der Waals surface area contributed by atoms with Crippen LogP contribution in [-0.4, -0.2) is 15.0 Å². The lowest BCUT2D eigenvalue weighted by Gasteiger charge is -2.16. The minimum absolute atomic E-state index is 0.265. The van der Waals surface area contributed by atoms with Crippen molar-refractivity contribution in [3.05, 3.63) is 259 Å². The SMILES string of the molecule is [2H]C([2H])([2H])c1cc(-c2cccc(-c3cccc(-c4ccccc4)c3)c2)ncc1-c1ccccc1-c1cc(CCc2ccc(-c3ccccc3)nc2)cc(CCc2ccc(-c3ccccc3)nc2)c1. The number of benzene rings is 7. The second kappa shape index (κ2) is 19.2. The Balaban J connectivity index is 0.975. The molecule has 3 aromatic heterocycles. The minimum Gasteiger partial charge on any atom is -0.256 e.